The summed E-state index contributed by atoms with van der Waals surface area (Å²) in [5.74, 6) is 0. The summed E-state index contributed by atoms with van der Waals surface area (Å²) < 4.78 is 7.76. The summed E-state index contributed by atoms with van der Waals surface area (Å²) in [5, 5.41) is 7.85. The number of likely N-dealkylation sites (tertiary alicyclic amines) is 1. The maximum atomic E-state index is 12.8. The predicted octanol–water partition coefficient (Wildman–Crippen LogP) is 3.34. The zero-order valence-corrected chi connectivity index (χ0v) is 14.6. The van der Waals surface area contributed by atoms with E-state index in [0.717, 1.165) is 50.3 Å². The Morgan fingerprint density at radius 3 is 3.00 bits per heavy atom. The van der Waals surface area contributed by atoms with E-state index in [4.69, 9.17) is 9.84 Å². The third-order valence-corrected chi connectivity index (χ3v) is 5.08. The summed E-state index contributed by atoms with van der Waals surface area (Å²) in [7, 11) is 0. The molecule has 1 atom stereocenters. The molecule has 2 aromatic rings. The van der Waals surface area contributed by atoms with Crippen molar-refractivity contribution in [3.05, 3.63) is 47.3 Å². The van der Waals surface area contributed by atoms with Gasteiger partial charge in [-0.3, -0.25) is 4.68 Å². The lowest BCUT2D eigenvalue weighted by molar-refractivity contribution is 0.107. The lowest BCUT2D eigenvalue weighted by Gasteiger charge is -2.25. The maximum absolute atomic E-state index is 12.8. The van der Waals surface area contributed by atoms with Crippen molar-refractivity contribution in [2.75, 3.05) is 18.5 Å². The van der Waals surface area contributed by atoms with Crippen molar-refractivity contribution in [1.82, 2.24) is 14.7 Å². The summed E-state index contributed by atoms with van der Waals surface area (Å²) in [5.41, 5.74) is 4.32. The number of fused-ring (bicyclic) bond motifs is 1. The van der Waals surface area contributed by atoms with E-state index in [-0.39, 0.29) is 12.1 Å². The highest BCUT2D eigenvalue weighted by Gasteiger charge is 2.35. The molecule has 1 unspecified atom stereocenters. The van der Waals surface area contributed by atoms with Crippen molar-refractivity contribution in [2.45, 2.75) is 45.4 Å². The normalized spacial score (nSPS) is 19.7. The van der Waals surface area contributed by atoms with Crippen LogP contribution in [0.25, 0.3) is 0 Å². The number of para-hydroxylation sites is 1. The molecule has 1 fully saturated rings. The van der Waals surface area contributed by atoms with Gasteiger partial charge >= 0.3 is 6.03 Å². The van der Waals surface area contributed by atoms with Crippen LogP contribution in [0, 0.1) is 0 Å². The molecular formula is C19H24N4O2. The van der Waals surface area contributed by atoms with Crippen LogP contribution in [0.2, 0.25) is 0 Å². The van der Waals surface area contributed by atoms with Gasteiger partial charge in [-0.25, -0.2) is 4.79 Å². The topological polar surface area (TPSA) is 59.4 Å². The van der Waals surface area contributed by atoms with Gasteiger partial charge < -0.3 is 15.0 Å². The van der Waals surface area contributed by atoms with Crippen LogP contribution in [0.4, 0.5) is 10.5 Å². The van der Waals surface area contributed by atoms with Crippen LogP contribution in [0.15, 0.2) is 30.3 Å². The summed E-state index contributed by atoms with van der Waals surface area (Å²) in [6.07, 6.45) is 2.86. The molecule has 1 aromatic heterocycles. The van der Waals surface area contributed by atoms with Crippen molar-refractivity contribution >= 4 is 11.7 Å². The molecule has 0 aliphatic carbocycles. The van der Waals surface area contributed by atoms with Gasteiger partial charge in [0.25, 0.3) is 0 Å². The molecule has 2 amide bonds. The molecule has 1 aromatic carbocycles. The van der Waals surface area contributed by atoms with Gasteiger partial charge in [0, 0.05) is 36.5 Å². The van der Waals surface area contributed by atoms with Crippen molar-refractivity contribution in [3.63, 3.8) is 0 Å². The molecule has 132 valence electrons. The molecule has 3 heterocycles. The van der Waals surface area contributed by atoms with Crippen LogP contribution in [0.5, 0.6) is 0 Å². The van der Waals surface area contributed by atoms with E-state index in [1.54, 1.807) is 0 Å². The number of carbonyl (C=O) groups excluding carboxylic acids is 1. The first-order valence-electron chi connectivity index (χ1n) is 9.06. The Morgan fingerprint density at radius 1 is 1.36 bits per heavy atom. The first kappa shape index (κ1) is 16.1. The average Bonchev–Trinajstić information content (AvgIpc) is 3.27. The van der Waals surface area contributed by atoms with E-state index < -0.39 is 0 Å². The van der Waals surface area contributed by atoms with E-state index in [1.807, 2.05) is 35.2 Å². The number of hydrogen-bond donors (Lipinski definition) is 1. The fourth-order valence-electron chi connectivity index (χ4n) is 3.87. The van der Waals surface area contributed by atoms with Gasteiger partial charge in [-0.05, 0) is 31.9 Å². The molecule has 0 radical (unpaired) electrons. The van der Waals surface area contributed by atoms with Crippen LogP contribution in [-0.2, 0) is 24.3 Å². The highest BCUT2D eigenvalue weighted by molar-refractivity contribution is 5.89. The van der Waals surface area contributed by atoms with Crippen LogP contribution in [-0.4, -0.2) is 33.9 Å². The lowest BCUT2D eigenvalue weighted by atomic mass is 10.0. The van der Waals surface area contributed by atoms with Crippen molar-refractivity contribution in [3.8, 4) is 0 Å². The number of aryl methyl sites for hydroxylation is 1. The van der Waals surface area contributed by atoms with Crippen LogP contribution < -0.4 is 5.32 Å². The van der Waals surface area contributed by atoms with Gasteiger partial charge in [-0.15, -0.1) is 0 Å². The summed E-state index contributed by atoms with van der Waals surface area (Å²) >= 11 is 0. The van der Waals surface area contributed by atoms with Gasteiger partial charge in [0.15, 0.2) is 0 Å². The molecule has 0 saturated carbocycles. The minimum Gasteiger partial charge on any atom is -0.376 e. The van der Waals surface area contributed by atoms with Gasteiger partial charge in [0.05, 0.1) is 24.9 Å². The fraction of sp³-hybridized carbons (Fsp3) is 0.474. The second-order valence-corrected chi connectivity index (χ2v) is 6.58. The molecule has 2 aliphatic rings. The average molecular weight is 340 g/mol. The summed E-state index contributed by atoms with van der Waals surface area (Å²) in [6, 6.07) is 9.59. The number of nitrogens with one attached hydrogen (secondary N) is 1. The molecule has 4 rings (SSSR count). The largest absolute Gasteiger partial charge is 0.376 e. The second-order valence-electron chi connectivity index (χ2n) is 6.58. The monoisotopic (exact) mass is 340 g/mol. The molecule has 0 bridgehead atoms. The first-order valence-corrected chi connectivity index (χ1v) is 9.06. The Bertz CT molecular complexity index is 756. The Balaban J connectivity index is 1.59. The number of amides is 2. The van der Waals surface area contributed by atoms with Gasteiger partial charge in [-0.2, -0.15) is 5.10 Å². The summed E-state index contributed by atoms with van der Waals surface area (Å²) in [6.45, 7) is 5.08. The van der Waals surface area contributed by atoms with Gasteiger partial charge in [0.1, 0.15) is 0 Å². The highest BCUT2D eigenvalue weighted by atomic mass is 16.5. The standard InChI is InChI=1S/C19H24N4O2/c1-2-23-16-10-12-25-13-15(16)18(21-23)17-9-6-11-22(17)19(24)20-14-7-4-3-5-8-14/h3-5,7-8,17H,2,6,9-13H2,1H3,(H,20,24). The fourth-order valence-corrected chi connectivity index (χ4v) is 3.87. The number of benzene rings is 1. The Labute approximate surface area is 147 Å². The SMILES string of the molecule is CCn1nc(C2CCCN2C(=O)Nc2ccccc2)c2c1CCOC2. The number of nitrogens with zero attached hydrogens (tertiary/aromatic N) is 3. The van der Waals surface area contributed by atoms with Crippen molar-refractivity contribution in [2.24, 2.45) is 0 Å². The number of carbonyl (C=O) groups is 1. The number of hydrogen-bond acceptors (Lipinski definition) is 3. The number of anilines is 1. The molecule has 1 saturated heterocycles. The lowest BCUT2D eigenvalue weighted by Crippen LogP contribution is -2.35. The smallest absolute Gasteiger partial charge is 0.322 e. The number of ether oxygens (including phenoxy) is 1. The third-order valence-electron chi connectivity index (χ3n) is 5.08. The van der Waals surface area contributed by atoms with Crippen LogP contribution >= 0.6 is 0 Å². The number of urea groups is 1. The van der Waals surface area contributed by atoms with Gasteiger partial charge in [-0.1, -0.05) is 18.2 Å². The molecule has 6 nitrogen and oxygen atoms in total. The molecule has 0 spiro atoms. The molecule has 6 heteroatoms. The van der Waals surface area contributed by atoms with E-state index in [1.165, 1.54) is 11.3 Å². The zero-order chi connectivity index (χ0) is 17.2. The highest BCUT2D eigenvalue weighted by Crippen LogP contribution is 2.36. The summed E-state index contributed by atoms with van der Waals surface area (Å²) in [4.78, 5) is 14.7. The van der Waals surface area contributed by atoms with Crippen LogP contribution in [0.1, 0.15) is 42.8 Å². The molecule has 25 heavy (non-hydrogen) atoms. The zero-order valence-electron chi connectivity index (χ0n) is 14.6. The number of rotatable bonds is 3. The van der Waals surface area contributed by atoms with Crippen molar-refractivity contribution in [1.29, 1.82) is 0 Å². The Morgan fingerprint density at radius 2 is 2.20 bits per heavy atom. The van der Waals surface area contributed by atoms with E-state index in [2.05, 4.69) is 16.9 Å². The van der Waals surface area contributed by atoms with E-state index in [9.17, 15) is 4.79 Å². The quantitative estimate of drug-likeness (QED) is 0.932. The third kappa shape index (κ3) is 3.02. The second kappa shape index (κ2) is 6.88. The van der Waals surface area contributed by atoms with E-state index in [0.29, 0.717) is 6.61 Å². The van der Waals surface area contributed by atoms with Gasteiger partial charge in [0.2, 0.25) is 0 Å². The Kier molecular flexibility index (Phi) is 4.44. The number of aromatic nitrogens is 2. The van der Waals surface area contributed by atoms with Crippen molar-refractivity contribution < 1.29 is 9.53 Å². The first-order chi connectivity index (χ1) is 12.3. The maximum Gasteiger partial charge on any atom is 0.322 e. The molecule has 1 N–H and O–H groups in total. The van der Waals surface area contributed by atoms with Crippen LogP contribution in [0.3, 0.4) is 0 Å². The molecular weight excluding hydrogens is 316 g/mol. The van der Waals surface area contributed by atoms with E-state index >= 15 is 0 Å². The minimum absolute atomic E-state index is 0.0342. The molecule has 2 aliphatic heterocycles. The predicted molar refractivity (Wildman–Crippen MR) is 95.4 cm³/mol. The Hall–Kier alpha value is -2.34. The minimum atomic E-state index is -0.0507.